The number of amides is 2. The van der Waals surface area contributed by atoms with Crippen molar-refractivity contribution >= 4 is 29.9 Å². The molecule has 1 aromatic rings. The highest BCUT2D eigenvalue weighted by molar-refractivity contribution is 5.83. The summed E-state index contributed by atoms with van der Waals surface area (Å²) in [7, 11) is 0. The minimum Gasteiger partial charge on any atom is -0.481 e. The van der Waals surface area contributed by atoms with E-state index in [1.54, 1.807) is 30.3 Å². The van der Waals surface area contributed by atoms with E-state index in [4.69, 9.17) is 20.1 Å². The van der Waals surface area contributed by atoms with Crippen molar-refractivity contribution in [1.29, 1.82) is 0 Å². The molecule has 1 aromatic carbocycles. The number of aliphatic carboxylic acids is 3. The number of carbonyl (C=O) groups excluding carboxylic acids is 2. The SMILES string of the molecule is O=C(O)CCC(CCC(=O)O)(CCC(=O)O)NC(=O)CNC(=O)OCc1ccccc1. The van der Waals surface area contributed by atoms with Crippen LogP contribution in [-0.4, -0.2) is 57.3 Å². The lowest BCUT2D eigenvalue weighted by Crippen LogP contribution is -2.52. The van der Waals surface area contributed by atoms with Gasteiger partial charge in [0.25, 0.3) is 0 Å². The van der Waals surface area contributed by atoms with Crippen LogP contribution in [0.1, 0.15) is 44.1 Å². The van der Waals surface area contributed by atoms with Gasteiger partial charge >= 0.3 is 24.0 Å². The van der Waals surface area contributed by atoms with E-state index < -0.39 is 61.3 Å². The third-order valence-electron chi connectivity index (χ3n) is 4.46. The van der Waals surface area contributed by atoms with Gasteiger partial charge in [0.15, 0.2) is 0 Å². The van der Waals surface area contributed by atoms with Crippen LogP contribution >= 0.6 is 0 Å². The van der Waals surface area contributed by atoms with Gasteiger partial charge in [-0.2, -0.15) is 0 Å². The van der Waals surface area contributed by atoms with Gasteiger partial charge in [-0.3, -0.25) is 19.2 Å². The van der Waals surface area contributed by atoms with Gasteiger partial charge in [0.1, 0.15) is 13.2 Å². The first-order valence-corrected chi connectivity index (χ1v) is 9.53. The van der Waals surface area contributed by atoms with Crippen molar-refractivity contribution in [3.8, 4) is 0 Å². The normalized spacial score (nSPS) is 10.7. The molecule has 0 unspecified atom stereocenters. The number of hydrogen-bond acceptors (Lipinski definition) is 6. The number of benzene rings is 1. The summed E-state index contributed by atoms with van der Waals surface area (Å²) in [5, 5.41) is 31.7. The molecule has 0 saturated heterocycles. The van der Waals surface area contributed by atoms with Crippen molar-refractivity contribution in [1.82, 2.24) is 10.6 Å². The lowest BCUT2D eigenvalue weighted by Gasteiger charge is -2.34. The molecule has 0 radical (unpaired) electrons. The third kappa shape index (κ3) is 11.2. The van der Waals surface area contributed by atoms with Gasteiger partial charge in [0, 0.05) is 24.8 Å². The number of carboxylic acids is 3. The Hall–Kier alpha value is -3.63. The monoisotopic (exact) mass is 438 g/mol. The number of hydrogen-bond donors (Lipinski definition) is 5. The number of rotatable bonds is 14. The van der Waals surface area contributed by atoms with Crippen molar-refractivity contribution < 1.29 is 44.0 Å². The van der Waals surface area contributed by atoms with Crippen molar-refractivity contribution in [2.45, 2.75) is 50.7 Å². The highest BCUT2D eigenvalue weighted by atomic mass is 16.5. The van der Waals surface area contributed by atoms with E-state index in [0.717, 1.165) is 5.56 Å². The quantitative estimate of drug-likeness (QED) is 0.287. The van der Waals surface area contributed by atoms with E-state index in [1.807, 2.05) is 0 Å². The molecule has 0 atom stereocenters. The largest absolute Gasteiger partial charge is 0.481 e. The Labute approximate surface area is 178 Å². The van der Waals surface area contributed by atoms with E-state index in [-0.39, 0.29) is 25.9 Å². The van der Waals surface area contributed by atoms with Crippen molar-refractivity contribution in [2.24, 2.45) is 0 Å². The molecule has 5 N–H and O–H groups in total. The van der Waals surface area contributed by atoms with Gasteiger partial charge in [0.2, 0.25) is 5.91 Å². The second-order valence-corrected chi connectivity index (χ2v) is 6.93. The summed E-state index contributed by atoms with van der Waals surface area (Å²) in [6.07, 6.45) is -2.52. The molecule has 0 aliphatic rings. The highest BCUT2D eigenvalue weighted by Crippen LogP contribution is 2.26. The van der Waals surface area contributed by atoms with Crippen LogP contribution in [0.2, 0.25) is 0 Å². The van der Waals surface area contributed by atoms with Crippen LogP contribution in [0.15, 0.2) is 30.3 Å². The van der Waals surface area contributed by atoms with E-state index in [0.29, 0.717) is 0 Å². The molecule has 0 spiro atoms. The maximum atomic E-state index is 12.3. The minimum absolute atomic E-state index is 0.00589. The average Bonchev–Trinajstić information content (AvgIpc) is 2.72. The molecule has 0 aliphatic heterocycles. The fourth-order valence-electron chi connectivity index (χ4n) is 2.87. The Morgan fingerprint density at radius 3 is 1.74 bits per heavy atom. The second-order valence-electron chi connectivity index (χ2n) is 6.93. The van der Waals surface area contributed by atoms with Crippen LogP contribution in [0.3, 0.4) is 0 Å². The number of alkyl carbamates (subject to hydrolysis) is 1. The summed E-state index contributed by atoms with van der Waals surface area (Å²) in [4.78, 5) is 57.1. The Morgan fingerprint density at radius 2 is 1.29 bits per heavy atom. The van der Waals surface area contributed by atoms with Crippen LogP contribution in [-0.2, 0) is 30.5 Å². The summed E-state index contributed by atoms with van der Waals surface area (Å²) in [5.74, 6) is -4.25. The first kappa shape index (κ1) is 25.4. The van der Waals surface area contributed by atoms with Crippen LogP contribution in [0.4, 0.5) is 4.79 Å². The van der Waals surface area contributed by atoms with E-state index in [1.165, 1.54) is 0 Å². The van der Waals surface area contributed by atoms with Crippen molar-refractivity contribution in [3.63, 3.8) is 0 Å². The van der Waals surface area contributed by atoms with E-state index in [2.05, 4.69) is 10.6 Å². The molecule has 1 rings (SSSR count). The Balaban J connectivity index is 2.71. The average molecular weight is 438 g/mol. The zero-order chi connectivity index (χ0) is 23.3. The Kier molecular flexibility index (Phi) is 10.5. The summed E-state index contributed by atoms with van der Waals surface area (Å²) >= 11 is 0. The molecule has 31 heavy (non-hydrogen) atoms. The fraction of sp³-hybridized carbons (Fsp3) is 0.450. The number of nitrogens with one attached hydrogen (secondary N) is 2. The second kappa shape index (κ2) is 12.8. The standard InChI is InChI=1S/C20H26N2O9/c23-15(12-21-19(30)31-13-14-4-2-1-3-5-14)22-20(9-6-16(24)25,10-7-17(26)27)11-8-18(28)29/h1-5H,6-13H2,(H,21,30)(H,22,23)(H,24,25)(H,26,27)(H,28,29). The van der Waals surface area contributed by atoms with Crippen molar-refractivity contribution in [3.05, 3.63) is 35.9 Å². The molecular weight excluding hydrogens is 412 g/mol. The molecule has 170 valence electrons. The zero-order valence-corrected chi connectivity index (χ0v) is 16.8. The Bertz CT molecular complexity index is 735. The number of ether oxygens (including phenoxy) is 1. The molecule has 0 heterocycles. The van der Waals surface area contributed by atoms with Gasteiger partial charge in [-0.15, -0.1) is 0 Å². The zero-order valence-electron chi connectivity index (χ0n) is 16.8. The molecule has 0 aliphatic carbocycles. The molecule has 11 heteroatoms. The molecule has 0 bridgehead atoms. The molecule has 11 nitrogen and oxygen atoms in total. The molecule has 2 amide bonds. The predicted octanol–water partition coefficient (Wildman–Crippen LogP) is 1.36. The maximum absolute atomic E-state index is 12.3. The van der Waals surface area contributed by atoms with E-state index in [9.17, 15) is 24.0 Å². The lowest BCUT2D eigenvalue weighted by atomic mass is 9.83. The van der Waals surface area contributed by atoms with Crippen molar-refractivity contribution in [2.75, 3.05) is 6.54 Å². The highest BCUT2D eigenvalue weighted by Gasteiger charge is 2.33. The fourth-order valence-corrected chi connectivity index (χ4v) is 2.87. The lowest BCUT2D eigenvalue weighted by molar-refractivity contribution is -0.138. The van der Waals surface area contributed by atoms with E-state index >= 15 is 0 Å². The summed E-state index contributed by atoms with van der Waals surface area (Å²) in [5.41, 5.74) is -0.612. The van der Waals surface area contributed by atoms with Crippen LogP contribution in [0.25, 0.3) is 0 Å². The predicted molar refractivity (Wildman–Crippen MR) is 106 cm³/mol. The summed E-state index contributed by atoms with van der Waals surface area (Å²) in [6, 6.07) is 8.85. The first-order valence-electron chi connectivity index (χ1n) is 9.53. The molecule has 0 aromatic heterocycles. The van der Waals surface area contributed by atoms with Crippen LogP contribution < -0.4 is 10.6 Å². The summed E-state index contributed by atoms with van der Waals surface area (Å²) < 4.78 is 4.98. The minimum atomic E-state index is -1.36. The summed E-state index contributed by atoms with van der Waals surface area (Å²) in [6.45, 7) is -0.517. The Morgan fingerprint density at radius 1 is 0.806 bits per heavy atom. The van der Waals surface area contributed by atoms with Crippen LogP contribution in [0, 0.1) is 0 Å². The molecule has 0 fully saturated rings. The smallest absolute Gasteiger partial charge is 0.407 e. The van der Waals surface area contributed by atoms with Gasteiger partial charge in [0.05, 0.1) is 0 Å². The number of carboxylic acid groups (broad SMARTS) is 3. The van der Waals surface area contributed by atoms with Gasteiger partial charge in [-0.1, -0.05) is 30.3 Å². The first-order chi connectivity index (χ1) is 14.6. The molecule has 0 saturated carbocycles. The van der Waals surface area contributed by atoms with Gasteiger partial charge in [-0.05, 0) is 24.8 Å². The third-order valence-corrected chi connectivity index (χ3v) is 4.46. The number of carbonyl (C=O) groups is 5. The topological polar surface area (TPSA) is 179 Å². The van der Waals surface area contributed by atoms with Gasteiger partial charge < -0.3 is 30.7 Å². The van der Waals surface area contributed by atoms with Gasteiger partial charge in [-0.25, -0.2) is 4.79 Å². The van der Waals surface area contributed by atoms with Crippen LogP contribution in [0.5, 0.6) is 0 Å². The molecular formula is C20H26N2O9. The maximum Gasteiger partial charge on any atom is 0.407 e.